The van der Waals surface area contributed by atoms with E-state index in [1.807, 2.05) is 5.38 Å². The molecule has 2 N–H and O–H groups in total. The Morgan fingerprint density at radius 1 is 1.35 bits per heavy atom. The average Bonchev–Trinajstić information content (AvgIpc) is 3.04. The second kappa shape index (κ2) is 6.86. The topological polar surface area (TPSA) is 110 Å². The van der Waals surface area contributed by atoms with Gasteiger partial charge in [0.1, 0.15) is 12.2 Å². The molecule has 2 heterocycles. The zero-order valence-corrected chi connectivity index (χ0v) is 14.1. The van der Waals surface area contributed by atoms with E-state index in [2.05, 4.69) is 41.4 Å². The van der Waals surface area contributed by atoms with Gasteiger partial charge in [0, 0.05) is 10.8 Å². The Morgan fingerprint density at radius 3 is 2.70 bits per heavy atom. The molecule has 1 amide bonds. The second-order valence-electron chi connectivity index (χ2n) is 6.15. The summed E-state index contributed by atoms with van der Waals surface area (Å²) in [6.07, 6.45) is 1.70. The van der Waals surface area contributed by atoms with Crippen molar-refractivity contribution >= 4 is 23.2 Å². The Morgan fingerprint density at radius 2 is 2.09 bits per heavy atom. The van der Waals surface area contributed by atoms with Gasteiger partial charge in [-0.3, -0.25) is 9.59 Å². The lowest BCUT2D eigenvalue weighted by Crippen LogP contribution is -2.25. The van der Waals surface area contributed by atoms with E-state index in [0.29, 0.717) is 5.69 Å². The lowest BCUT2D eigenvalue weighted by molar-refractivity contribution is -0.138. The fraction of sp³-hybridized carbons (Fsp3) is 0.500. The van der Waals surface area contributed by atoms with E-state index >= 15 is 0 Å². The smallest absolute Gasteiger partial charge is 0.325 e. The first kappa shape index (κ1) is 17.1. The summed E-state index contributed by atoms with van der Waals surface area (Å²) in [4.78, 5) is 27.0. The van der Waals surface area contributed by atoms with Gasteiger partial charge in [-0.2, -0.15) is 0 Å². The van der Waals surface area contributed by atoms with Gasteiger partial charge in [0.25, 0.3) is 0 Å². The fourth-order valence-corrected chi connectivity index (χ4v) is 2.69. The Kier molecular flexibility index (Phi) is 5.09. The van der Waals surface area contributed by atoms with E-state index < -0.39 is 5.97 Å². The number of nitrogens with one attached hydrogen (secondary N) is 1. The minimum atomic E-state index is -0.997. The Hall–Kier alpha value is -2.29. The molecule has 0 saturated heterocycles. The molecule has 0 spiro atoms. The molecule has 0 aliphatic rings. The monoisotopic (exact) mass is 337 g/mol. The summed E-state index contributed by atoms with van der Waals surface area (Å²) in [5.41, 5.74) is 1.22. The SMILES string of the molecule is CC(C)(C)c1nc(CC(=O)NCc2cn(CC(=O)O)nn2)cs1. The van der Waals surface area contributed by atoms with Crippen molar-refractivity contribution in [1.29, 1.82) is 0 Å². The van der Waals surface area contributed by atoms with Crippen LogP contribution in [0, 0.1) is 0 Å². The van der Waals surface area contributed by atoms with Crippen molar-refractivity contribution in [2.24, 2.45) is 0 Å². The Bertz CT molecular complexity index is 701. The lowest BCUT2D eigenvalue weighted by atomic mass is 9.98. The van der Waals surface area contributed by atoms with Gasteiger partial charge >= 0.3 is 5.97 Å². The van der Waals surface area contributed by atoms with Gasteiger partial charge in [-0.1, -0.05) is 26.0 Å². The molecule has 2 rings (SSSR count). The van der Waals surface area contributed by atoms with Crippen LogP contribution in [0.5, 0.6) is 0 Å². The van der Waals surface area contributed by atoms with E-state index in [0.717, 1.165) is 10.7 Å². The van der Waals surface area contributed by atoms with E-state index in [1.54, 1.807) is 11.3 Å². The third-order valence-corrected chi connectivity index (χ3v) is 4.20. The molecule has 0 atom stereocenters. The number of carboxylic acid groups (broad SMARTS) is 1. The van der Waals surface area contributed by atoms with Crippen LogP contribution in [0.25, 0.3) is 0 Å². The number of amides is 1. The van der Waals surface area contributed by atoms with Crippen molar-refractivity contribution < 1.29 is 14.7 Å². The molecule has 0 aliphatic heterocycles. The lowest BCUT2D eigenvalue weighted by Gasteiger charge is -2.13. The number of nitrogens with zero attached hydrogens (tertiary/aromatic N) is 4. The molecule has 2 aromatic rings. The molecule has 0 aromatic carbocycles. The molecule has 0 aliphatic carbocycles. The highest BCUT2D eigenvalue weighted by Gasteiger charge is 2.18. The van der Waals surface area contributed by atoms with Crippen LogP contribution in [0.3, 0.4) is 0 Å². The molecule has 124 valence electrons. The normalized spacial score (nSPS) is 11.4. The maximum atomic E-state index is 11.9. The van der Waals surface area contributed by atoms with Gasteiger partial charge in [0.15, 0.2) is 0 Å². The van der Waals surface area contributed by atoms with Crippen molar-refractivity contribution in [3.8, 4) is 0 Å². The third-order valence-electron chi connectivity index (χ3n) is 2.89. The molecule has 0 bridgehead atoms. The summed E-state index contributed by atoms with van der Waals surface area (Å²) < 4.78 is 1.21. The number of carbonyl (C=O) groups excluding carboxylic acids is 1. The largest absolute Gasteiger partial charge is 0.480 e. The predicted octanol–water partition coefficient (Wildman–Crippen LogP) is 0.976. The molecular weight excluding hydrogens is 318 g/mol. The van der Waals surface area contributed by atoms with Gasteiger partial charge < -0.3 is 10.4 Å². The van der Waals surface area contributed by atoms with Crippen LogP contribution in [0.1, 0.15) is 37.2 Å². The summed E-state index contributed by atoms with van der Waals surface area (Å²) in [6.45, 7) is 6.19. The van der Waals surface area contributed by atoms with Crippen LogP contribution >= 0.6 is 11.3 Å². The first-order chi connectivity index (χ1) is 10.7. The summed E-state index contributed by atoms with van der Waals surface area (Å²) in [5, 5.41) is 21.7. The van der Waals surface area contributed by atoms with Gasteiger partial charge in [0.05, 0.1) is 29.9 Å². The number of rotatable bonds is 6. The average molecular weight is 337 g/mol. The molecule has 9 heteroatoms. The van der Waals surface area contributed by atoms with Crippen LogP contribution < -0.4 is 5.32 Å². The number of carbonyl (C=O) groups is 2. The molecular formula is C14H19N5O3S. The van der Waals surface area contributed by atoms with Crippen LogP contribution in [0.4, 0.5) is 0 Å². The van der Waals surface area contributed by atoms with Crippen molar-refractivity contribution in [2.45, 2.75) is 45.7 Å². The standard InChI is InChI=1S/C14H19N5O3S/c1-14(2,3)13-16-9(8-23-13)4-11(20)15-5-10-6-19(18-17-10)7-12(21)22/h6,8H,4-5,7H2,1-3H3,(H,15,20)(H,21,22). The number of hydrogen-bond donors (Lipinski definition) is 2. The molecule has 0 fully saturated rings. The molecule has 23 heavy (non-hydrogen) atoms. The molecule has 8 nitrogen and oxygen atoms in total. The summed E-state index contributed by atoms with van der Waals surface area (Å²) >= 11 is 1.55. The number of hydrogen-bond acceptors (Lipinski definition) is 6. The maximum absolute atomic E-state index is 11.9. The highest BCUT2D eigenvalue weighted by molar-refractivity contribution is 7.09. The van der Waals surface area contributed by atoms with Gasteiger partial charge in [0.2, 0.25) is 5.91 Å². The highest BCUT2D eigenvalue weighted by Crippen LogP contribution is 2.25. The van der Waals surface area contributed by atoms with E-state index in [9.17, 15) is 9.59 Å². The van der Waals surface area contributed by atoms with Crippen molar-refractivity contribution in [1.82, 2.24) is 25.3 Å². The van der Waals surface area contributed by atoms with Crippen LogP contribution in [0.2, 0.25) is 0 Å². The van der Waals surface area contributed by atoms with Gasteiger partial charge in [-0.05, 0) is 0 Å². The van der Waals surface area contributed by atoms with Crippen LogP contribution in [-0.2, 0) is 34.5 Å². The molecule has 2 aromatic heterocycles. The van der Waals surface area contributed by atoms with Crippen LogP contribution in [0.15, 0.2) is 11.6 Å². The fourth-order valence-electron chi connectivity index (χ4n) is 1.78. The summed E-state index contributed by atoms with van der Waals surface area (Å²) in [6, 6.07) is 0. The number of thiazole rings is 1. The quantitative estimate of drug-likeness (QED) is 0.813. The van der Waals surface area contributed by atoms with Crippen molar-refractivity contribution in [3.05, 3.63) is 28.0 Å². The predicted molar refractivity (Wildman–Crippen MR) is 84.0 cm³/mol. The zero-order valence-electron chi connectivity index (χ0n) is 13.2. The molecule has 0 radical (unpaired) electrons. The van der Waals surface area contributed by atoms with E-state index in [-0.39, 0.29) is 30.8 Å². The highest BCUT2D eigenvalue weighted by atomic mass is 32.1. The van der Waals surface area contributed by atoms with Gasteiger partial charge in [-0.15, -0.1) is 16.4 Å². The van der Waals surface area contributed by atoms with E-state index in [1.165, 1.54) is 10.9 Å². The Labute approximate surface area is 137 Å². The number of carboxylic acids is 1. The minimum Gasteiger partial charge on any atom is -0.480 e. The van der Waals surface area contributed by atoms with Crippen LogP contribution in [-0.4, -0.2) is 37.0 Å². The van der Waals surface area contributed by atoms with Crippen molar-refractivity contribution in [2.75, 3.05) is 0 Å². The van der Waals surface area contributed by atoms with Crippen molar-refractivity contribution in [3.63, 3.8) is 0 Å². The second-order valence-corrected chi connectivity index (χ2v) is 7.01. The minimum absolute atomic E-state index is 0.0258. The van der Waals surface area contributed by atoms with E-state index in [4.69, 9.17) is 5.11 Å². The number of aromatic nitrogens is 4. The summed E-state index contributed by atoms with van der Waals surface area (Å²) in [7, 11) is 0. The number of aliphatic carboxylic acids is 1. The maximum Gasteiger partial charge on any atom is 0.325 e. The zero-order chi connectivity index (χ0) is 17.0. The Balaban J connectivity index is 1.84. The summed E-state index contributed by atoms with van der Waals surface area (Å²) in [5.74, 6) is -1.16. The first-order valence-electron chi connectivity index (χ1n) is 7.06. The molecule has 0 unspecified atom stereocenters. The third kappa shape index (κ3) is 5.13. The first-order valence-corrected chi connectivity index (χ1v) is 7.94. The van der Waals surface area contributed by atoms with Gasteiger partial charge in [-0.25, -0.2) is 9.67 Å². The molecule has 0 saturated carbocycles.